The van der Waals surface area contributed by atoms with Crippen LogP contribution in [0.1, 0.15) is 0 Å². The molecule has 0 radical (unpaired) electrons. The van der Waals surface area contributed by atoms with Crippen LogP contribution in [0.5, 0.6) is 0 Å². The molecule has 0 atom stereocenters. The molecule has 1 heterocycles. The van der Waals surface area contributed by atoms with Gasteiger partial charge in [-0.05, 0) is 24.3 Å². The lowest BCUT2D eigenvalue weighted by atomic mass is 10.1. The van der Waals surface area contributed by atoms with Crippen LogP contribution in [0.4, 0.5) is 5.82 Å². The Morgan fingerprint density at radius 2 is 2.00 bits per heavy atom. The third-order valence-electron chi connectivity index (χ3n) is 2.04. The summed E-state index contributed by atoms with van der Waals surface area (Å²) in [5, 5.41) is 11.7. The van der Waals surface area contributed by atoms with Crippen molar-refractivity contribution in [3.8, 4) is 11.3 Å². The number of nitrogens with one attached hydrogen (secondary N) is 1. The predicted octanol–water partition coefficient (Wildman–Crippen LogP) is 2.84. The van der Waals surface area contributed by atoms with E-state index in [4.69, 9.17) is 11.6 Å². The number of rotatable bonds is 2. The fourth-order valence-electron chi connectivity index (χ4n) is 1.27. The molecule has 1 aromatic heterocycles. The quantitative estimate of drug-likeness (QED) is 0.844. The van der Waals surface area contributed by atoms with Gasteiger partial charge in [0.1, 0.15) is 5.82 Å². The van der Waals surface area contributed by atoms with Gasteiger partial charge >= 0.3 is 0 Å². The summed E-state index contributed by atoms with van der Waals surface area (Å²) in [6.45, 7) is 0. The number of benzene rings is 1. The van der Waals surface area contributed by atoms with Gasteiger partial charge in [-0.1, -0.05) is 23.7 Å². The van der Waals surface area contributed by atoms with Crippen molar-refractivity contribution >= 4 is 17.4 Å². The van der Waals surface area contributed by atoms with E-state index < -0.39 is 0 Å². The first-order chi connectivity index (χ1) is 7.29. The van der Waals surface area contributed by atoms with Crippen LogP contribution in [0.3, 0.4) is 0 Å². The van der Waals surface area contributed by atoms with Crippen LogP contribution in [0.15, 0.2) is 36.4 Å². The van der Waals surface area contributed by atoms with Gasteiger partial charge in [-0.2, -0.15) is 0 Å². The minimum Gasteiger partial charge on any atom is -0.372 e. The molecule has 0 amide bonds. The molecule has 1 N–H and O–H groups in total. The summed E-state index contributed by atoms with van der Waals surface area (Å²) in [7, 11) is 1.81. The Hall–Kier alpha value is -1.61. The second-order valence-corrected chi connectivity index (χ2v) is 3.50. The predicted molar refractivity (Wildman–Crippen MR) is 62.0 cm³/mol. The number of hydrogen-bond acceptors (Lipinski definition) is 3. The van der Waals surface area contributed by atoms with Crippen LogP contribution in [-0.2, 0) is 0 Å². The van der Waals surface area contributed by atoms with Crippen LogP contribution in [0, 0.1) is 0 Å². The van der Waals surface area contributed by atoms with Crippen molar-refractivity contribution < 1.29 is 0 Å². The molecule has 0 aliphatic rings. The van der Waals surface area contributed by atoms with Gasteiger partial charge in [0.25, 0.3) is 0 Å². The van der Waals surface area contributed by atoms with Gasteiger partial charge in [-0.25, -0.2) is 0 Å². The molecule has 2 aromatic rings. The maximum absolute atomic E-state index is 5.89. The third kappa shape index (κ3) is 2.25. The van der Waals surface area contributed by atoms with Crippen molar-refractivity contribution in [3.63, 3.8) is 0 Å². The second kappa shape index (κ2) is 4.28. The molecule has 1 aromatic carbocycles. The van der Waals surface area contributed by atoms with Crippen molar-refractivity contribution in [1.82, 2.24) is 10.2 Å². The largest absolute Gasteiger partial charge is 0.372 e. The number of aromatic nitrogens is 2. The summed E-state index contributed by atoms with van der Waals surface area (Å²) in [4.78, 5) is 0. The zero-order chi connectivity index (χ0) is 10.7. The molecule has 0 aliphatic carbocycles. The van der Waals surface area contributed by atoms with Crippen LogP contribution in [0.25, 0.3) is 11.3 Å². The minimum absolute atomic E-state index is 0.701. The molecule has 4 heteroatoms. The minimum atomic E-state index is 0.701. The van der Waals surface area contributed by atoms with E-state index in [-0.39, 0.29) is 0 Å². The zero-order valence-corrected chi connectivity index (χ0v) is 8.99. The fourth-order valence-corrected chi connectivity index (χ4v) is 1.46. The molecule has 15 heavy (non-hydrogen) atoms. The van der Waals surface area contributed by atoms with Gasteiger partial charge in [0.15, 0.2) is 0 Å². The molecular formula is C11H10ClN3. The van der Waals surface area contributed by atoms with Gasteiger partial charge in [-0.15, -0.1) is 10.2 Å². The van der Waals surface area contributed by atoms with Crippen molar-refractivity contribution in [2.45, 2.75) is 0 Å². The Labute approximate surface area is 93.1 Å². The molecule has 3 nitrogen and oxygen atoms in total. The van der Waals surface area contributed by atoms with E-state index in [0.29, 0.717) is 5.02 Å². The topological polar surface area (TPSA) is 37.8 Å². The normalized spacial score (nSPS) is 10.0. The van der Waals surface area contributed by atoms with Gasteiger partial charge in [0.2, 0.25) is 0 Å². The molecular weight excluding hydrogens is 210 g/mol. The van der Waals surface area contributed by atoms with Crippen LogP contribution >= 0.6 is 11.6 Å². The number of nitrogens with zero attached hydrogens (tertiary/aromatic N) is 2. The Morgan fingerprint density at radius 3 is 2.60 bits per heavy atom. The summed E-state index contributed by atoms with van der Waals surface area (Å²) in [5.74, 6) is 0.751. The summed E-state index contributed by atoms with van der Waals surface area (Å²) < 4.78 is 0. The monoisotopic (exact) mass is 219 g/mol. The molecule has 76 valence electrons. The Balaban J connectivity index is 2.37. The van der Waals surface area contributed by atoms with Crippen LogP contribution in [-0.4, -0.2) is 17.2 Å². The summed E-state index contributed by atoms with van der Waals surface area (Å²) in [5.41, 5.74) is 1.79. The first kappa shape index (κ1) is 9.93. The van der Waals surface area contributed by atoms with E-state index in [9.17, 15) is 0 Å². The van der Waals surface area contributed by atoms with E-state index in [0.717, 1.165) is 17.1 Å². The van der Waals surface area contributed by atoms with E-state index >= 15 is 0 Å². The van der Waals surface area contributed by atoms with Crippen molar-refractivity contribution in [2.75, 3.05) is 12.4 Å². The molecule has 0 saturated heterocycles. The molecule has 0 aliphatic heterocycles. The highest BCUT2D eigenvalue weighted by Crippen LogP contribution is 2.20. The van der Waals surface area contributed by atoms with Gasteiger partial charge < -0.3 is 5.32 Å². The molecule has 0 unspecified atom stereocenters. The van der Waals surface area contributed by atoms with Crippen LogP contribution < -0.4 is 5.32 Å². The third-order valence-corrected chi connectivity index (χ3v) is 2.28. The lowest BCUT2D eigenvalue weighted by molar-refractivity contribution is 1.04. The molecule has 0 bridgehead atoms. The molecule has 0 fully saturated rings. The van der Waals surface area contributed by atoms with E-state index in [1.165, 1.54) is 0 Å². The first-order valence-corrected chi connectivity index (χ1v) is 4.95. The van der Waals surface area contributed by atoms with Crippen LogP contribution in [0.2, 0.25) is 5.02 Å². The fraction of sp³-hybridized carbons (Fsp3) is 0.0909. The molecule has 0 saturated carbocycles. The highest BCUT2D eigenvalue weighted by atomic mass is 35.5. The maximum atomic E-state index is 5.89. The number of halogens is 1. The highest BCUT2D eigenvalue weighted by Gasteiger charge is 2.00. The van der Waals surface area contributed by atoms with Crippen molar-refractivity contribution in [1.29, 1.82) is 0 Å². The smallest absolute Gasteiger partial charge is 0.148 e. The molecule has 0 spiro atoms. The summed E-state index contributed by atoms with van der Waals surface area (Å²) >= 11 is 5.89. The van der Waals surface area contributed by atoms with E-state index in [2.05, 4.69) is 15.5 Å². The first-order valence-electron chi connectivity index (χ1n) is 4.57. The standard InChI is InChI=1S/C11H10ClN3/c1-13-11-6-5-10(14-15-11)8-3-2-4-9(12)7-8/h2-7H,1H3,(H,13,15). The SMILES string of the molecule is CNc1ccc(-c2cccc(Cl)c2)nn1. The second-order valence-electron chi connectivity index (χ2n) is 3.06. The zero-order valence-electron chi connectivity index (χ0n) is 8.24. The summed E-state index contributed by atoms with van der Waals surface area (Å²) in [6, 6.07) is 11.3. The maximum Gasteiger partial charge on any atom is 0.148 e. The molecule has 2 rings (SSSR count). The van der Waals surface area contributed by atoms with Gasteiger partial charge in [0.05, 0.1) is 5.69 Å². The number of anilines is 1. The van der Waals surface area contributed by atoms with Crippen molar-refractivity contribution in [2.24, 2.45) is 0 Å². The lowest BCUT2D eigenvalue weighted by Crippen LogP contribution is -1.94. The highest BCUT2D eigenvalue weighted by molar-refractivity contribution is 6.30. The van der Waals surface area contributed by atoms with Gasteiger partial charge in [0, 0.05) is 17.6 Å². The average molecular weight is 220 g/mol. The average Bonchev–Trinajstić information content (AvgIpc) is 2.29. The van der Waals surface area contributed by atoms with Gasteiger partial charge in [-0.3, -0.25) is 0 Å². The number of hydrogen-bond donors (Lipinski definition) is 1. The van der Waals surface area contributed by atoms with E-state index in [1.807, 2.05) is 43.4 Å². The summed E-state index contributed by atoms with van der Waals surface area (Å²) in [6.07, 6.45) is 0. The Morgan fingerprint density at radius 1 is 1.13 bits per heavy atom. The van der Waals surface area contributed by atoms with Crippen molar-refractivity contribution in [3.05, 3.63) is 41.4 Å². The Bertz CT molecular complexity index is 454. The van der Waals surface area contributed by atoms with E-state index in [1.54, 1.807) is 0 Å². The Kier molecular flexibility index (Phi) is 2.83. The lowest BCUT2D eigenvalue weighted by Gasteiger charge is -2.01.